The zero-order valence-electron chi connectivity index (χ0n) is 8.65. The first kappa shape index (κ1) is 13.1. The van der Waals surface area contributed by atoms with Gasteiger partial charge in [-0.2, -0.15) is 12.6 Å². The molecule has 2 N–H and O–H groups in total. The fourth-order valence-corrected chi connectivity index (χ4v) is 0.881. The second-order valence-corrected chi connectivity index (χ2v) is 2.22. The molecule has 0 aromatic carbocycles. The van der Waals surface area contributed by atoms with E-state index in [0.29, 0.717) is 18.2 Å². The second kappa shape index (κ2) is 7.46. The highest BCUT2D eigenvalue weighted by Crippen LogP contribution is 2.23. The Morgan fingerprint density at radius 1 is 1.29 bits per heavy atom. The largest absolute Gasteiger partial charge is 0.491 e. The third kappa shape index (κ3) is 3.43. The van der Waals surface area contributed by atoms with Gasteiger partial charge >= 0.3 is 0 Å². The van der Waals surface area contributed by atoms with Crippen molar-refractivity contribution in [2.24, 2.45) is 5.73 Å². The summed E-state index contributed by atoms with van der Waals surface area (Å²) < 4.78 is 9.99. The SMILES string of the molecule is COc1ccc(CN)nc1OC.CS. The van der Waals surface area contributed by atoms with Gasteiger partial charge in [-0.25, -0.2) is 4.98 Å². The highest BCUT2D eigenvalue weighted by Gasteiger charge is 2.04. The first-order valence-corrected chi connectivity index (χ1v) is 4.94. The predicted molar refractivity (Wildman–Crippen MR) is 60.1 cm³/mol. The van der Waals surface area contributed by atoms with Crippen molar-refractivity contribution < 1.29 is 9.47 Å². The average Bonchev–Trinajstić information content (AvgIpc) is 2.30. The summed E-state index contributed by atoms with van der Waals surface area (Å²) in [6.07, 6.45) is 1.69. The van der Waals surface area contributed by atoms with E-state index in [0.717, 1.165) is 5.69 Å². The lowest BCUT2D eigenvalue weighted by molar-refractivity contribution is 0.342. The van der Waals surface area contributed by atoms with Crippen LogP contribution in [0, 0.1) is 0 Å². The van der Waals surface area contributed by atoms with Crippen molar-refractivity contribution in [2.75, 3.05) is 20.5 Å². The van der Waals surface area contributed by atoms with Crippen LogP contribution in [0.3, 0.4) is 0 Å². The zero-order chi connectivity index (χ0) is 11.0. The van der Waals surface area contributed by atoms with Crippen LogP contribution < -0.4 is 15.2 Å². The van der Waals surface area contributed by atoms with E-state index < -0.39 is 0 Å². The average molecular weight is 216 g/mol. The van der Waals surface area contributed by atoms with Gasteiger partial charge in [0, 0.05) is 6.54 Å². The third-order valence-electron chi connectivity index (χ3n) is 1.51. The van der Waals surface area contributed by atoms with E-state index in [1.54, 1.807) is 32.6 Å². The highest BCUT2D eigenvalue weighted by molar-refractivity contribution is 7.79. The van der Waals surface area contributed by atoms with Gasteiger partial charge in [-0.3, -0.25) is 0 Å². The molecule has 0 saturated carbocycles. The lowest BCUT2D eigenvalue weighted by atomic mass is 10.3. The minimum absolute atomic E-state index is 0.403. The maximum absolute atomic E-state index is 5.41. The van der Waals surface area contributed by atoms with Crippen LogP contribution in [0.4, 0.5) is 0 Å². The van der Waals surface area contributed by atoms with Gasteiger partial charge in [0.25, 0.3) is 5.88 Å². The number of hydrogen-bond donors (Lipinski definition) is 2. The molecule has 5 heteroatoms. The maximum atomic E-state index is 5.41. The van der Waals surface area contributed by atoms with E-state index in [2.05, 4.69) is 17.6 Å². The Kier molecular flexibility index (Phi) is 6.96. The van der Waals surface area contributed by atoms with E-state index in [1.165, 1.54) is 0 Å². The highest BCUT2D eigenvalue weighted by atomic mass is 32.1. The van der Waals surface area contributed by atoms with Crippen molar-refractivity contribution in [1.29, 1.82) is 0 Å². The second-order valence-electron chi connectivity index (χ2n) is 2.22. The van der Waals surface area contributed by atoms with Crippen molar-refractivity contribution >= 4 is 12.6 Å². The number of nitrogens with zero attached hydrogens (tertiary/aromatic N) is 1. The van der Waals surface area contributed by atoms with Crippen LogP contribution in [0.2, 0.25) is 0 Å². The van der Waals surface area contributed by atoms with Crippen molar-refractivity contribution in [3.63, 3.8) is 0 Å². The van der Waals surface area contributed by atoms with Crippen molar-refractivity contribution in [3.05, 3.63) is 17.8 Å². The number of ether oxygens (including phenoxy) is 2. The summed E-state index contributed by atoms with van der Waals surface area (Å²) >= 11 is 3.53. The molecular formula is C9H16N2O2S. The first-order valence-electron chi connectivity index (χ1n) is 4.04. The molecule has 0 radical (unpaired) electrons. The molecule has 1 aromatic rings. The summed E-state index contributed by atoms with van der Waals surface area (Å²) in [6.45, 7) is 0.403. The minimum atomic E-state index is 0.403. The molecule has 0 aliphatic rings. The molecule has 0 atom stereocenters. The number of aromatic nitrogens is 1. The summed E-state index contributed by atoms with van der Waals surface area (Å²) in [5.74, 6) is 1.09. The maximum Gasteiger partial charge on any atom is 0.257 e. The standard InChI is InChI=1S/C8H12N2O2.CH4S/c1-11-7-4-3-6(5-9)10-8(7)12-2;1-2/h3-4H,5,9H2,1-2H3;2H,1H3. The van der Waals surface area contributed by atoms with Gasteiger partial charge in [-0.15, -0.1) is 0 Å². The molecule has 0 unspecified atom stereocenters. The summed E-state index contributed by atoms with van der Waals surface area (Å²) in [5, 5.41) is 0. The van der Waals surface area contributed by atoms with E-state index in [4.69, 9.17) is 15.2 Å². The molecule has 4 nitrogen and oxygen atoms in total. The molecule has 0 fully saturated rings. The summed E-state index contributed by atoms with van der Waals surface area (Å²) in [7, 11) is 3.12. The van der Waals surface area contributed by atoms with Crippen molar-refractivity contribution in [3.8, 4) is 11.6 Å². The molecule has 0 aliphatic heterocycles. The van der Waals surface area contributed by atoms with Crippen LogP contribution in [0.1, 0.15) is 5.69 Å². The quantitative estimate of drug-likeness (QED) is 0.743. The first-order chi connectivity index (χ1) is 6.81. The molecule has 0 spiro atoms. The van der Waals surface area contributed by atoms with Gasteiger partial charge in [0.05, 0.1) is 19.9 Å². The molecular weight excluding hydrogens is 200 g/mol. The van der Waals surface area contributed by atoms with Crippen LogP contribution in [0.25, 0.3) is 0 Å². The van der Waals surface area contributed by atoms with E-state index in [1.807, 2.05) is 0 Å². The van der Waals surface area contributed by atoms with E-state index in [9.17, 15) is 0 Å². The Balaban J connectivity index is 0.000000791. The molecule has 1 rings (SSSR count). The smallest absolute Gasteiger partial charge is 0.257 e. The van der Waals surface area contributed by atoms with Crippen LogP contribution in [-0.4, -0.2) is 25.5 Å². The molecule has 0 saturated heterocycles. The third-order valence-corrected chi connectivity index (χ3v) is 1.51. The number of nitrogens with two attached hydrogens (primary N) is 1. The summed E-state index contributed by atoms with van der Waals surface area (Å²) in [4.78, 5) is 4.11. The molecule has 1 heterocycles. The van der Waals surface area contributed by atoms with Gasteiger partial charge in [0.15, 0.2) is 5.75 Å². The Morgan fingerprint density at radius 2 is 1.93 bits per heavy atom. The Morgan fingerprint density at radius 3 is 2.36 bits per heavy atom. The molecule has 1 aromatic heterocycles. The van der Waals surface area contributed by atoms with Crippen LogP contribution >= 0.6 is 12.6 Å². The number of pyridine rings is 1. The zero-order valence-corrected chi connectivity index (χ0v) is 9.54. The Bertz CT molecular complexity index is 269. The Hall–Kier alpha value is -0.940. The number of rotatable bonds is 3. The molecule has 0 aliphatic carbocycles. The predicted octanol–water partition coefficient (Wildman–Crippen LogP) is 1.10. The fourth-order valence-electron chi connectivity index (χ4n) is 0.881. The van der Waals surface area contributed by atoms with Gasteiger partial charge in [0.1, 0.15) is 0 Å². The van der Waals surface area contributed by atoms with Gasteiger partial charge in [-0.1, -0.05) is 0 Å². The van der Waals surface area contributed by atoms with Gasteiger partial charge in [0.2, 0.25) is 0 Å². The summed E-state index contributed by atoms with van der Waals surface area (Å²) in [5.41, 5.74) is 6.19. The minimum Gasteiger partial charge on any atom is -0.491 e. The number of thiol groups is 1. The number of hydrogen-bond acceptors (Lipinski definition) is 5. The van der Waals surface area contributed by atoms with Crippen molar-refractivity contribution in [1.82, 2.24) is 4.98 Å². The lowest BCUT2D eigenvalue weighted by Gasteiger charge is -2.06. The summed E-state index contributed by atoms with van der Waals surface area (Å²) in [6, 6.07) is 3.59. The lowest BCUT2D eigenvalue weighted by Crippen LogP contribution is -2.01. The van der Waals surface area contributed by atoms with Crippen molar-refractivity contribution in [2.45, 2.75) is 6.54 Å². The molecule has 0 bridgehead atoms. The monoisotopic (exact) mass is 216 g/mol. The molecule has 0 amide bonds. The van der Waals surface area contributed by atoms with E-state index >= 15 is 0 Å². The van der Waals surface area contributed by atoms with Crippen LogP contribution in [-0.2, 0) is 6.54 Å². The van der Waals surface area contributed by atoms with E-state index in [-0.39, 0.29) is 0 Å². The number of methoxy groups -OCH3 is 2. The molecule has 14 heavy (non-hydrogen) atoms. The topological polar surface area (TPSA) is 57.4 Å². The van der Waals surface area contributed by atoms with Crippen LogP contribution in [0.15, 0.2) is 12.1 Å². The fraction of sp³-hybridized carbons (Fsp3) is 0.444. The van der Waals surface area contributed by atoms with Gasteiger partial charge in [-0.05, 0) is 18.4 Å². The normalized spacial score (nSPS) is 8.64. The van der Waals surface area contributed by atoms with Gasteiger partial charge < -0.3 is 15.2 Å². The molecule has 80 valence electrons. The Labute approximate surface area is 89.8 Å². The van der Waals surface area contributed by atoms with Crippen LogP contribution in [0.5, 0.6) is 11.6 Å².